The first-order valence-corrected chi connectivity index (χ1v) is 8.63. The van der Waals surface area contributed by atoms with E-state index in [9.17, 15) is 9.59 Å². The average Bonchev–Trinajstić information content (AvgIpc) is 2.53. The Morgan fingerprint density at radius 1 is 1.29 bits per heavy atom. The molecule has 1 atom stereocenters. The van der Waals surface area contributed by atoms with Crippen molar-refractivity contribution in [2.75, 3.05) is 31.5 Å². The quantitative estimate of drug-likeness (QED) is 0.747. The molecule has 0 bridgehead atoms. The molecule has 1 saturated heterocycles. The second kappa shape index (κ2) is 9.27. The van der Waals surface area contributed by atoms with E-state index >= 15 is 0 Å². The largest absolute Gasteiger partial charge is 0.337 e. The highest BCUT2D eigenvalue weighted by molar-refractivity contribution is 5.88. The standard InChI is InChI=1S/C18H28N4O2/c1-14-5-4-9-22(13-14)10-8-19-18(24)20-12-16-6-3-7-17(11-16)21-15(2)23/h3,6-7,11,14H,4-5,8-10,12-13H2,1-2H3,(H,21,23)(H2,19,20,24). The van der Waals surface area contributed by atoms with Gasteiger partial charge in [0.2, 0.25) is 5.91 Å². The molecule has 0 radical (unpaired) electrons. The molecule has 0 saturated carbocycles. The lowest BCUT2D eigenvalue weighted by molar-refractivity contribution is -0.114. The molecule has 0 spiro atoms. The van der Waals surface area contributed by atoms with Crippen LogP contribution in [0.4, 0.5) is 10.5 Å². The predicted octanol–water partition coefficient (Wildman–Crippen LogP) is 2.18. The highest BCUT2D eigenvalue weighted by Crippen LogP contribution is 2.14. The van der Waals surface area contributed by atoms with E-state index in [2.05, 4.69) is 27.8 Å². The van der Waals surface area contributed by atoms with Gasteiger partial charge in [0.1, 0.15) is 0 Å². The number of carbonyl (C=O) groups excluding carboxylic acids is 2. The zero-order chi connectivity index (χ0) is 17.4. The van der Waals surface area contributed by atoms with E-state index in [4.69, 9.17) is 0 Å². The van der Waals surface area contributed by atoms with E-state index in [-0.39, 0.29) is 11.9 Å². The SMILES string of the molecule is CC(=O)Nc1cccc(CNC(=O)NCCN2CCCC(C)C2)c1. The Bertz CT molecular complexity index is 562. The van der Waals surface area contributed by atoms with Gasteiger partial charge in [0.05, 0.1) is 0 Å². The first-order chi connectivity index (χ1) is 11.5. The number of amides is 3. The molecule has 1 fully saturated rings. The number of carbonyl (C=O) groups is 2. The van der Waals surface area contributed by atoms with Gasteiger partial charge in [-0.15, -0.1) is 0 Å². The summed E-state index contributed by atoms with van der Waals surface area (Å²) >= 11 is 0. The molecule has 6 heteroatoms. The Hall–Kier alpha value is -2.08. The van der Waals surface area contributed by atoms with Crippen LogP contribution in [0, 0.1) is 5.92 Å². The van der Waals surface area contributed by atoms with Crippen molar-refractivity contribution in [3.63, 3.8) is 0 Å². The Morgan fingerprint density at radius 3 is 2.88 bits per heavy atom. The summed E-state index contributed by atoms with van der Waals surface area (Å²) in [6.07, 6.45) is 2.56. The van der Waals surface area contributed by atoms with Crippen LogP contribution < -0.4 is 16.0 Å². The lowest BCUT2D eigenvalue weighted by Crippen LogP contribution is -2.42. The number of piperidine rings is 1. The predicted molar refractivity (Wildman–Crippen MR) is 95.8 cm³/mol. The molecule has 0 aromatic heterocycles. The van der Waals surface area contributed by atoms with Crippen LogP contribution in [0.2, 0.25) is 0 Å². The van der Waals surface area contributed by atoms with E-state index in [1.165, 1.54) is 19.8 Å². The maximum atomic E-state index is 11.9. The average molecular weight is 332 g/mol. The molecule has 1 aromatic rings. The number of urea groups is 1. The number of likely N-dealkylation sites (tertiary alicyclic amines) is 1. The Labute approximate surface area is 144 Å². The van der Waals surface area contributed by atoms with Crippen LogP contribution in [0.1, 0.15) is 32.3 Å². The van der Waals surface area contributed by atoms with Gasteiger partial charge >= 0.3 is 6.03 Å². The van der Waals surface area contributed by atoms with Crippen LogP contribution in [0.3, 0.4) is 0 Å². The molecular weight excluding hydrogens is 304 g/mol. The fraction of sp³-hybridized carbons (Fsp3) is 0.556. The smallest absolute Gasteiger partial charge is 0.315 e. The molecule has 0 aliphatic carbocycles. The van der Waals surface area contributed by atoms with Gasteiger partial charge in [0, 0.05) is 38.8 Å². The molecule has 2 rings (SSSR count). The maximum Gasteiger partial charge on any atom is 0.315 e. The molecule has 1 aromatic carbocycles. The minimum Gasteiger partial charge on any atom is -0.337 e. The number of hydrogen-bond acceptors (Lipinski definition) is 3. The molecule has 1 aliphatic heterocycles. The third-order valence-electron chi connectivity index (χ3n) is 4.16. The van der Waals surface area contributed by atoms with E-state index < -0.39 is 0 Å². The van der Waals surface area contributed by atoms with E-state index in [1.807, 2.05) is 24.3 Å². The minimum absolute atomic E-state index is 0.107. The maximum absolute atomic E-state index is 11.9. The summed E-state index contributed by atoms with van der Waals surface area (Å²) in [4.78, 5) is 25.3. The van der Waals surface area contributed by atoms with Gasteiger partial charge in [-0.25, -0.2) is 4.79 Å². The second-order valence-electron chi connectivity index (χ2n) is 6.54. The van der Waals surface area contributed by atoms with Crippen molar-refractivity contribution in [2.24, 2.45) is 5.92 Å². The number of hydrogen-bond donors (Lipinski definition) is 3. The van der Waals surface area contributed by atoms with Crippen LogP contribution in [0.5, 0.6) is 0 Å². The summed E-state index contributed by atoms with van der Waals surface area (Å²) in [6.45, 7) is 7.99. The Balaban J connectivity index is 1.66. The van der Waals surface area contributed by atoms with Gasteiger partial charge in [-0.1, -0.05) is 19.1 Å². The van der Waals surface area contributed by atoms with Crippen molar-refractivity contribution in [3.8, 4) is 0 Å². The summed E-state index contributed by atoms with van der Waals surface area (Å²) < 4.78 is 0. The molecule has 1 unspecified atom stereocenters. The van der Waals surface area contributed by atoms with Crippen molar-refractivity contribution in [2.45, 2.75) is 33.2 Å². The van der Waals surface area contributed by atoms with Gasteiger partial charge in [0.25, 0.3) is 0 Å². The normalized spacial score (nSPS) is 18.0. The molecule has 3 amide bonds. The first-order valence-electron chi connectivity index (χ1n) is 8.63. The molecule has 6 nitrogen and oxygen atoms in total. The Morgan fingerprint density at radius 2 is 2.12 bits per heavy atom. The van der Waals surface area contributed by atoms with Gasteiger partial charge in [-0.3, -0.25) is 4.79 Å². The Kier molecular flexibility index (Phi) is 7.06. The third kappa shape index (κ3) is 6.58. The van der Waals surface area contributed by atoms with Gasteiger partial charge < -0.3 is 20.9 Å². The lowest BCUT2D eigenvalue weighted by Gasteiger charge is -2.30. The van der Waals surface area contributed by atoms with Crippen molar-refractivity contribution >= 4 is 17.6 Å². The molecular formula is C18H28N4O2. The molecule has 24 heavy (non-hydrogen) atoms. The van der Waals surface area contributed by atoms with Crippen molar-refractivity contribution in [1.82, 2.24) is 15.5 Å². The first kappa shape index (κ1) is 18.3. The van der Waals surface area contributed by atoms with E-state index in [0.29, 0.717) is 13.1 Å². The third-order valence-corrected chi connectivity index (χ3v) is 4.16. The highest BCUT2D eigenvalue weighted by Gasteiger charge is 2.15. The summed E-state index contributed by atoms with van der Waals surface area (Å²) in [7, 11) is 0. The van der Waals surface area contributed by atoms with Gasteiger partial charge in [-0.2, -0.15) is 0 Å². The number of nitrogens with zero attached hydrogens (tertiary/aromatic N) is 1. The topological polar surface area (TPSA) is 73.5 Å². The fourth-order valence-electron chi connectivity index (χ4n) is 3.02. The van der Waals surface area contributed by atoms with E-state index in [1.54, 1.807) is 0 Å². The van der Waals surface area contributed by atoms with Gasteiger partial charge in [-0.05, 0) is 43.0 Å². The lowest BCUT2D eigenvalue weighted by atomic mass is 10.0. The van der Waals surface area contributed by atoms with Crippen LogP contribution in [-0.4, -0.2) is 43.0 Å². The molecule has 1 heterocycles. The monoisotopic (exact) mass is 332 g/mol. The summed E-state index contributed by atoms with van der Waals surface area (Å²) in [5.74, 6) is 0.647. The number of benzene rings is 1. The van der Waals surface area contributed by atoms with Crippen LogP contribution in [0.25, 0.3) is 0 Å². The summed E-state index contributed by atoms with van der Waals surface area (Å²) in [5, 5.41) is 8.48. The molecule has 3 N–H and O–H groups in total. The van der Waals surface area contributed by atoms with Gasteiger partial charge in [0.15, 0.2) is 0 Å². The van der Waals surface area contributed by atoms with E-state index in [0.717, 1.165) is 36.8 Å². The highest BCUT2D eigenvalue weighted by atomic mass is 16.2. The summed E-state index contributed by atoms with van der Waals surface area (Å²) in [6, 6.07) is 7.30. The second-order valence-corrected chi connectivity index (χ2v) is 6.54. The van der Waals surface area contributed by atoms with Crippen LogP contribution >= 0.6 is 0 Å². The van der Waals surface area contributed by atoms with Crippen LogP contribution in [0.15, 0.2) is 24.3 Å². The van der Waals surface area contributed by atoms with Crippen molar-refractivity contribution < 1.29 is 9.59 Å². The number of rotatable bonds is 6. The van der Waals surface area contributed by atoms with Crippen molar-refractivity contribution in [3.05, 3.63) is 29.8 Å². The molecule has 1 aliphatic rings. The number of nitrogens with one attached hydrogen (secondary N) is 3. The zero-order valence-corrected chi connectivity index (χ0v) is 14.6. The number of anilines is 1. The minimum atomic E-state index is -0.162. The fourth-order valence-corrected chi connectivity index (χ4v) is 3.02. The van der Waals surface area contributed by atoms with Crippen LogP contribution in [-0.2, 0) is 11.3 Å². The molecule has 132 valence electrons. The van der Waals surface area contributed by atoms with Crippen molar-refractivity contribution in [1.29, 1.82) is 0 Å². The summed E-state index contributed by atoms with van der Waals surface area (Å²) in [5.41, 5.74) is 1.68. The zero-order valence-electron chi connectivity index (χ0n) is 14.6.